The number of carbonyl (C=O) groups is 1. The van der Waals surface area contributed by atoms with Crippen LogP contribution in [0.5, 0.6) is 0 Å². The van der Waals surface area contributed by atoms with E-state index in [9.17, 15) is 4.79 Å². The summed E-state index contributed by atoms with van der Waals surface area (Å²) >= 11 is 1.57. The second kappa shape index (κ2) is 3.94. The molecule has 82 valence electrons. The highest BCUT2D eigenvalue weighted by molar-refractivity contribution is 8.00. The zero-order valence-corrected chi connectivity index (χ0v) is 9.59. The van der Waals surface area contributed by atoms with Gasteiger partial charge in [-0.15, -0.1) is 0 Å². The Morgan fingerprint density at radius 1 is 1.38 bits per heavy atom. The number of hydrogen-bond acceptors (Lipinski definition) is 3. The van der Waals surface area contributed by atoms with Crippen LogP contribution in [0.2, 0.25) is 0 Å². The lowest BCUT2D eigenvalue weighted by Gasteiger charge is -2.03. The molecule has 0 aliphatic heterocycles. The molecule has 1 saturated carbocycles. The smallest absolute Gasteiger partial charge is 0.167 e. The highest BCUT2D eigenvalue weighted by Gasteiger charge is 2.26. The van der Waals surface area contributed by atoms with Crippen molar-refractivity contribution in [3.63, 3.8) is 0 Å². The van der Waals surface area contributed by atoms with Crippen molar-refractivity contribution in [3.05, 3.63) is 24.3 Å². The van der Waals surface area contributed by atoms with Crippen molar-refractivity contribution in [2.45, 2.75) is 29.7 Å². The van der Waals surface area contributed by atoms with Crippen LogP contribution in [0.25, 0.3) is 11.0 Å². The molecule has 4 heteroatoms. The summed E-state index contributed by atoms with van der Waals surface area (Å²) in [5.41, 5.74) is 2.01. The second-order valence-corrected chi connectivity index (χ2v) is 5.22. The van der Waals surface area contributed by atoms with Crippen molar-refractivity contribution in [2.75, 3.05) is 0 Å². The first-order chi connectivity index (χ1) is 7.83. The minimum absolute atomic E-state index is 0.112. The molecule has 0 spiro atoms. The molecule has 1 aliphatic rings. The van der Waals surface area contributed by atoms with Crippen LogP contribution in [0.4, 0.5) is 0 Å². The van der Waals surface area contributed by atoms with E-state index >= 15 is 0 Å². The monoisotopic (exact) mass is 232 g/mol. The van der Waals surface area contributed by atoms with Gasteiger partial charge in [0.25, 0.3) is 0 Å². The fourth-order valence-electron chi connectivity index (χ4n) is 2.03. The van der Waals surface area contributed by atoms with E-state index in [1.54, 1.807) is 11.8 Å². The predicted molar refractivity (Wildman–Crippen MR) is 64.6 cm³/mol. The van der Waals surface area contributed by atoms with E-state index in [4.69, 9.17) is 0 Å². The number of nitrogens with one attached hydrogen (secondary N) is 1. The molecule has 0 bridgehead atoms. The molecule has 1 aromatic heterocycles. The Bertz CT molecular complexity index is 502. The zero-order valence-electron chi connectivity index (χ0n) is 8.77. The average molecular weight is 232 g/mol. The van der Waals surface area contributed by atoms with Gasteiger partial charge in [0.1, 0.15) is 5.78 Å². The predicted octanol–water partition coefficient (Wildman–Crippen LogP) is 2.78. The van der Waals surface area contributed by atoms with Gasteiger partial charge in [-0.1, -0.05) is 23.9 Å². The summed E-state index contributed by atoms with van der Waals surface area (Å²) in [5, 5.41) is 0.974. The summed E-state index contributed by atoms with van der Waals surface area (Å²) in [6.07, 6.45) is 2.75. The molecule has 1 N–H and O–H groups in total. The first-order valence-electron chi connectivity index (χ1n) is 5.47. The summed E-state index contributed by atoms with van der Waals surface area (Å²) in [6, 6.07) is 7.93. The minimum atomic E-state index is 0.112. The fourth-order valence-corrected chi connectivity index (χ4v) is 3.15. The van der Waals surface area contributed by atoms with Crippen LogP contribution >= 0.6 is 11.8 Å². The Balaban J connectivity index is 1.86. The third-order valence-corrected chi connectivity index (χ3v) is 4.07. The van der Waals surface area contributed by atoms with E-state index in [1.165, 1.54) is 0 Å². The molecule has 1 heterocycles. The van der Waals surface area contributed by atoms with Gasteiger partial charge in [0, 0.05) is 6.42 Å². The van der Waals surface area contributed by atoms with Crippen molar-refractivity contribution in [3.8, 4) is 0 Å². The van der Waals surface area contributed by atoms with Crippen LogP contribution in [0.15, 0.2) is 29.4 Å². The molecule has 1 fully saturated rings. The van der Waals surface area contributed by atoms with E-state index in [-0.39, 0.29) is 5.25 Å². The van der Waals surface area contributed by atoms with Gasteiger partial charge in [0.15, 0.2) is 5.16 Å². The number of fused-ring (bicyclic) bond motifs is 1. The zero-order chi connectivity index (χ0) is 11.0. The van der Waals surface area contributed by atoms with Crippen molar-refractivity contribution in [1.82, 2.24) is 9.97 Å². The Kier molecular flexibility index (Phi) is 2.44. The van der Waals surface area contributed by atoms with E-state index < -0.39 is 0 Å². The topological polar surface area (TPSA) is 45.8 Å². The Morgan fingerprint density at radius 3 is 3.00 bits per heavy atom. The van der Waals surface area contributed by atoms with Crippen LogP contribution in [-0.4, -0.2) is 21.0 Å². The van der Waals surface area contributed by atoms with E-state index in [0.29, 0.717) is 5.78 Å². The number of imidazole rings is 1. The Morgan fingerprint density at radius 2 is 2.25 bits per heavy atom. The molecule has 1 unspecified atom stereocenters. The highest BCUT2D eigenvalue weighted by atomic mass is 32.2. The summed E-state index contributed by atoms with van der Waals surface area (Å²) in [7, 11) is 0. The number of hydrogen-bond donors (Lipinski definition) is 1. The maximum Gasteiger partial charge on any atom is 0.167 e. The number of thioether (sulfide) groups is 1. The van der Waals surface area contributed by atoms with Gasteiger partial charge in [-0.3, -0.25) is 4.79 Å². The molecule has 1 atom stereocenters. The van der Waals surface area contributed by atoms with E-state index in [2.05, 4.69) is 9.97 Å². The number of ketones is 1. The van der Waals surface area contributed by atoms with Crippen LogP contribution in [0, 0.1) is 0 Å². The molecule has 2 aromatic rings. The van der Waals surface area contributed by atoms with Gasteiger partial charge in [-0.2, -0.15) is 0 Å². The summed E-state index contributed by atoms with van der Waals surface area (Å²) < 4.78 is 0. The number of benzene rings is 1. The minimum Gasteiger partial charge on any atom is -0.333 e. The molecular formula is C12H12N2OS. The quantitative estimate of drug-likeness (QED) is 0.866. The lowest BCUT2D eigenvalue weighted by molar-refractivity contribution is -0.116. The van der Waals surface area contributed by atoms with Crippen molar-refractivity contribution < 1.29 is 4.79 Å². The van der Waals surface area contributed by atoms with Crippen LogP contribution < -0.4 is 0 Å². The molecule has 0 amide bonds. The lowest BCUT2D eigenvalue weighted by atomic mass is 10.3. The molecule has 1 aliphatic carbocycles. The molecule has 1 aromatic carbocycles. The van der Waals surface area contributed by atoms with Gasteiger partial charge >= 0.3 is 0 Å². The SMILES string of the molecule is O=C1CCCC1Sc1nc2ccccc2[nH]1. The van der Waals surface area contributed by atoms with Crippen LogP contribution in [0.3, 0.4) is 0 Å². The summed E-state index contributed by atoms with van der Waals surface area (Å²) in [6.45, 7) is 0. The van der Waals surface area contributed by atoms with Crippen molar-refractivity contribution in [1.29, 1.82) is 0 Å². The summed E-state index contributed by atoms with van der Waals surface area (Å²) in [5.74, 6) is 0.366. The van der Waals surface area contributed by atoms with Crippen LogP contribution in [0.1, 0.15) is 19.3 Å². The maximum absolute atomic E-state index is 11.5. The number of Topliss-reactive ketones (excluding diaryl/α,β-unsaturated/α-hetero) is 1. The molecule has 0 saturated heterocycles. The third kappa shape index (κ3) is 1.73. The molecular weight excluding hydrogens is 220 g/mol. The van der Waals surface area contributed by atoms with E-state index in [0.717, 1.165) is 35.5 Å². The molecule has 3 rings (SSSR count). The van der Waals surface area contributed by atoms with Crippen molar-refractivity contribution >= 4 is 28.6 Å². The summed E-state index contributed by atoms with van der Waals surface area (Å²) in [4.78, 5) is 19.2. The number of para-hydroxylation sites is 2. The van der Waals surface area contributed by atoms with E-state index in [1.807, 2.05) is 24.3 Å². The number of aromatic amines is 1. The fraction of sp³-hybridized carbons (Fsp3) is 0.333. The van der Waals surface area contributed by atoms with Gasteiger partial charge < -0.3 is 4.98 Å². The second-order valence-electron chi connectivity index (χ2n) is 4.02. The molecule has 16 heavy (non-hydrogen) atoms. The third-order valence-electron chi connectivity index (χ3n) is 2.87. The lowest BCUT2D eigenvalue weighted by Crippen LogP contribution is -2.07. The van der Waals surface area contributed by atoms with Gasteiger partial charge in [-0.25, -0.2) is 4.98 Å². The largest absolute Gasteiger partial charge is 0.333 e. The molecule has 0 radical (unpaired) electrons. The number of H-pyrrole nitrogens is 1. The number of aromatic nitrogens is 2. The standard InChI is InChI=1S/C12H12N2OS/c15-10-6-3-7-11(10)16-12-13-8-4-1-2-5-9(8)14-12/h1-2,4-5,11H,3,6-7H2,(H,13,14). The number of nitrogens with zero attached hydrogens (tertiary/aromatic N) is 1. The first-order valence-corrected chi connectivity index (χ1v) is 6.35. The van der Waals surface area contributed by atoms with Gasteiger partial charge in [-0.05, 0) is 25.0 Å². The maximum atomic E-state index is 11.5. The Hall–Kier alpha value is -1.29. The first kappa shape index (κ1) is 9.90. The Labute approximate surface area is 97.6 Å². The highest BCUT2D eigenvalue weighted by Crippen LogP contribution is 2.31. The number of rotatable bonds is 2. The van der Waals surface area contributed by atoms with Crippen molar-refractivity contribution in [2.24, 2.45) is 0 Å². The van der Waals surface area contributed by atoms with Gasteiger partial charge in [0.2, 0.25) is 0 Å². The molecule has 3 nitrogen and oxygen atoms in total. The normalized spacial score (nSPS) is 20.8. The van der Waals surface area contributed by atoms with Gasteiger partial charge in [0.05, 0.1) is 16.3 Å². The van der Waals surface area contributed by atoms with Crippen LogP contribution in [-0.2, 0) is 4.79 Å². The number of carbonyl (C=O) groups excluding carboxylic acids is 1. The average Bonchev–Trinajstić information content (AvgIpc) is 2.85.